The summed E-state index contributed by atoms with van der Waals surface area (Å²) in [5.41, 5.74) is 1.66. The van der Waals surface area contributed by atoms with E-state index in [1.54, 1.807) is 6.07 Å². The molecule has 1 aromatic carbocycles. The lowest BCUT2D eigenvalue weighted by Gasteiger charge is -2.16. The molecule has 0 saturated heterocycles. The summed E-state index contributed by atoms with van der Waals surface area (Å²) in [5.74, 6) is 0.663. The van der Waals surface area contributed by atoms with Gasteiger partial charge in [-0.1, -0.05) is 6.07 Å². The van der Waals surface area contributed by atoms with Crippen molar-refractivity contribution in [3.05, 3.63) is 29.6 Å². The number of hydrogen-bond donors (Lipinski definition) is 1. The van der Waals surface area contributed by atoms with Crippen LogP contribution in [0.1, 0.15) is 25.3 Å². The summed E-state index contributed by atoms with van der Waals surface area (Å²) in [6.45, 7) is 3.99. The maximum Gasteiger partial charge on any atom is 0.128 e. The van der Waals surface area contributed by atoms with E-state index in [4.69, 9.17) is 0 Å². The monoisotopic (exact) mass is 193 g/mol. The number of anilines is 1. The smallest absolute Gasteiger partial charge is 0.128 e. The normalized spacial score (nSPS) is 17.9. The van der Waals surface area contributed by atoms with Gasteiger partial charge < -0.3 is 5.32 Å². The molecule has 1 atom stereocenters. The molecule has 1 unspecified atom stereocenters. The lowest BCUT2D eigenvalue weighted by molar-refractivity contribution is 0.617. The molecule has 2 rings (SSSR count). The molecular weight excluding hydrogens is 177 g/mol. The minimum Gasteiger partial charge on any atom is -0.382 e. The second-order valence-corrected chi connectivity index (χ2v) is 4.18. The SMILES string of the molecule is Cc1c(F)cccc1NC(C)C1CC1. The van der Waals surface area contributed by atoms with Gasteiger partial charge in [0.1, 0.15) is 5.82 Å². The van der Waals surface area contributed by atoms with Crippen LogP contribution in [0.25, 0.3) is 0 Å². The quantitative estimate of drug-likeness (QED) is 0.776. The number of nitrogens with one attached hydrogen (secondary N) is 1. The molecule has 76 valence electrons. The van der Waals surface area contributed by atoms with E-state index < -0.39 is 0 Å². The minimum atomic E-state index is -0.127. The Balaban J connectivity index is 2.11. The second-order valence-electron chi connectivity index (χ2n) is 4.18. The zero-order valence-electron chi connectivity index (χ0n) is 8.68. The Bertz CT molecular complexity index is 331. The molecule has 0 aromatic heterocycles. The van der Waals surface area contributed by atoms with E-state index >= 15 is 0 Å². The lowest BCUT2D eigenvalue weighted by atomic mass is 10.1. The van der Waals surface area contributed by atoms with Crippen molar-refractivity contribution in [2.75, 3.05) is 5.32 Å². The lowest BCUT2D eigenvalue weighted by Crippen LogP contribution is -2.18. The van der Waals surface area contributed by atoms with E-state index in [1.807, 2.05) is 13.0 Å². The molecule has 0 bridgehead atoms. The number of rotatable bonds is 3. The molecule has 0 heterocycles. The molecule has 14 heavy (non-hydrogen) atoms. The van der Waals surface area contributed by atoms with Gasteiger partial charge in [-0.05, 0) is 44.7 Å². The van der Waals surface area contributed by atoms with E-state index in [2.05, 4.69) is 12.2 Å². The van der Waals surface area contributed by atoms with Gasteiger partial charge in [-0.2, -0.15) is 0 Å². The zero-order chi connectivity index (χ0) is 10.1. The van der Waals surface area contributed by atoms with Gasteiger partial charge in [-0.25, -0.2) is 4.39 Å². The molecule has 1 aliphatic rings. The van der Waals surface area contributed by atoms with E-state index in [-0.39, 0.29) is 5.82 Å². The number of benzene rings is 1. The Morgan fingerprint density at radius 3 is 2.79 bits per heavy atom. The van der Waals surface area contributed by atoms with Crippen LogP contribution in [0.2, 0.25) is 0 Å². The summed E-state index contributed by atoms with van der Waals surface area (Å²) < 4.78 is 13.2. The van der Waals surface area contributed by atoms with Crippen molar-refractivity contribution in [1.82, 2.24) is 0 Å². The predicted molar refractivity (Wildman–Crippen MR) is 56.9 cm³/mol. The molecule has 0 amide bonds. The predicted octanol–water partition coefficient (Wildman–Crippen LogP) is 3.34. The van der Waals surface area contributed by atoms with Crippen LogP contribution < -0.4 is 5.32 Å². The van der Waals surface area contributed by atoms with Gasteiger partial charge in [-0.3, -0.25) is 0 Å². The Morgan fingerprint density at radius 2 is 2.14 bits per heavy atom. The molecule has 1 aromatic rings. The van der Waals surface area contributed by atoms with Gasteiger partial charge in [-0.15, -0.1) is 0 Å². The Hall–Kier alpha value is -1.05. The fourth-order valence-electron chi connectivity index (χ4n) is 1.72. The molecule has 0 radical (unpaired) electrons. The minimum absolute atomic E-state index is 0.127. The van der Waals surface area contributed by atoms with Gasteiger partial charge in [0.15, 0.2) is 0 Å². The van der Waals surface area contributed by atoms with E-state index in [9.17, 15) is 4.39 Å². The second kappa shape index (κ2) is 3.60. The molecule has 0 aliphatic heterocycles. The summed E-state index contributed by atoms with van der Waals surface area (Å²) in [6.07, 6.45) is 2.62. The van der Waals surface area contributed by atoms with Crippen LogP contribution in [0.4, 0.5) is 10.1 Å². The Labute approximate surface area is 84.3 Å². The molecule has 0 spiro atoms. The standard InChI is InChI=1S/C12H16FN/c1-8-11(13)4-3-5-12(8)14-9(2)10-6-7-10/h3-5,9-10,14H,6-7H2,1-2H3. The van der Waals surface area contributed by atoms with Crippen LogP contribution in [0.15, 0.2) is 18.2 Å². The van der Waals surface area contributed by atoms with E-state index in [0.717, 1.165) is 17.2 Å². The van der Waals surface area contributed by atoms with Crippen molar-refractivity contribution in [3.8, 4) is 0 Å². The maximum absolute atomic E-state index is 13.2. The fourth-order valence-corrected chi connectivity index (χ4v) is 1.72. The molecule has 1 nitrogen and oxygen atoms in total. The van der Waals surface area contributed by atoms with Gasteiger partial charge in [0.25, 0.3) is 0 Å². The van der Waals surface area contributed by atoms with Gasteiger partial charge >= 0.3 is 0 Å². The van der Waals surface area contributed by atoms with Crippen LogP contribution in [-0.2, 0) is 0 Å². The summed E-state index contributed by atoms with van der Waals surface area (Å²) in [7, 11) is 0. The summed E-state index contributed by atoms with van der Waals surface area (Å²) in [4.78, 5) is 0. The van der Waals surface area contributed by atoms with Crippen molar-refractivity contribution in [2.24, 2.45) is 5.92 Å². The van der Waals surface area contributed by atoms with Crippen molar-refractivity contribution in [2.45, 2.75) is 32.7 Å². The van der Waals surface area contributed by atoms with Crippen LogP contribution in [0.3, 0.4) is 0 Å². The first kappa shape index (κ1) is 9.50. The third kappa shape index (κ3) is 1.89. The van der Waals surface area contributed by atoms with Gasteiger partial charge in [0.05, 0.1) is 0 Å². The average molecular weight is 193 g/mol. The first-order valence-corrected chi connectivity index (χ1v) is 5.20. The van der Waals surface area contributed by atoms with Gasteiger partial charge in [0.2, 0.25) is 0 Å². The Morgan fingerprint density at radius 1 is 1.43 bits per heavy atom. The van der Waals surface area contributed by atoms with Crippen molar-refractivity contribution >= 4 is 5.69 Å². The van der Waals surface area contributed by atoms with Crippen molar-refractivity contribution < 1.29 is 4.39 Å². The van der Waals surface area contributed by atoms with E-state index in [1.165, 1.54) is 18.9 Å². The third-order valence-corrected chi connectivity index (χ3v) is 2.98. The largest absolute Gasteiger partial charge is 0.382 e. The Kier molecular flexibility index (Phi) is 2.44. The summed E-state index contributed by atoms with van der Waals surface area (Å²) in [5, 5.41) is 3.37. The highest BCUT2D eigenvalue weighted by molar-refractivity contribution is 5.51. The van der Waals surface area contributed by atoms with Crippen molar-refractivity contribution in [1.29, 1.82) is 0 Å². The fraction of sp³-hybridized carbons (Fsp3) is 0.500. The molecule has 1 aliphatic carbocycles. The van der Waals surface area contributed by atoms with Crippen LogP contribution >= 0.6 is 0 Å². The summed E-state index contributed by atoms with van der Waals surface area (Å²) >= 11 is 0. The highest BCUT2D eigenvalue weighted by Crippen LogP contribution is 2.34. The third-order valence-electron chi connectivity index (χ3n) is 2.98. The number of halogens is 1. The van der Waals surface area contributed by atoms with Crippen LogP contribution in [-0.4, -0.2) is 6.04 Å². The number of hydrogen-bond acceptors (Lipinski definition) is 1. The van der Waals surface area contributed by atoms with Crippen molar-refractivity contribution in [3.63, 3.8) is 0 Å². The van der Waals surface area contributed by atoms with Crippen LogP contribution in [0, 0.1) is 18.7 Å². The molecule has 1 fully saturated rings. The first-order chi connectivity index (χ1) is 6.68. The topological polar surface area (TPSA) is 12.0 Å². The average Bonchev–Trinajstić information content (AvgIpc) is 2.95. The highest BCUT2D eigenvalue weighted by atomic mass is 19.1. The highest BCUT2D eigenvalue weighted by Gasteiger charge is 2.27. The zero-order valence-corrected chi connectivity index (χ0v) is 8.68. The summed E-state index contributed by atoms with van der Waals surface area (Å²) in [6, 6.07) is 5.67. The molecule has 1 N–H and O–H groups in total. The first-order valence-electron chi connectivity index (χ1n) is 5.20. The molecule has 2 heteroatoms. The molecule has 1 saturated carbocycles. The molecular formula is C12H16FN. The van der Waals surface area contributed by atoms with E-state index in [0.29, 0.717) is 6.04 Å². The van der Waals surface area contributed by atoms with Gasteiger partial charge in [0, 0.05) is 17.3 Å². The van der Waals surface area contributed by atoms with Crippen LogP contribution in [0.5, 0.6) is 0 Å². The maximum atomic E-state index is 13.2.